The highest BCUT2D eigenvalue weighted by molar-refractivity contribution is 6.35. The van der Waals surface area contributed by atoms with Crippen LogP contribution in [-0.2, 0) is 14.4 Å². The van der Waals surface area contributed by atoms with Crippen molar-refractivity contribution in [3.63, 3.8) is 0 Å². The van der Waals surface area contributed by atoms with Gasteiger partial charge in [-0.2, -0.15) is 5.10 Å². The summed E-state index contributed by atoms with van der Waals surface area (Å²) < 4.78 is 10.3. The molecule has 0 aromatic heterocycles. The van der Waals surface area contributed by atoms with Crippen molar-refractivity contribution in [2.75, 3.05) is 13.7 Å². The zero-order valence-electron chi connectivity index (χ0n) is 13.1. The summed E-state index contributed by atoms with van der Waals surface area (Å²) in [6.07, 6.45) is 3.14. The maximum atomic E-state index is 11.5. The second-order valence-electron chi connectivity index (χ2n) is 5.11. The summed E-state index contributed by atoms with van der Waals surface area (Å²) in [5.41, 5.74) is 7.76. The first-order valence-corrected chi connectivity index (χ1v) is 7.22. The topological polar surface area (TPSA) is 132 Å². The number of hydrazone groups is 1. The molecule has 0 bridgehead atoms. The summed E-state index contributed by atoms with van der Waals surface area (Å²) in [4.78, 5) is 33.7. The number of hydrogen-bond donors (Lipinski definition) is 3. The Labute approximate surface area is 138 Å². The quantitative estimate of drug-likeness (QED) is 0.344. The number of nitrogens with two attached hydrogens (primary N) is 1. The molecule has 24 heavy (non-hydrogen) atoms. The van der Waals surface area contributed by atoms with Gasteiger partial charge in [-0.1, -0.05) is 0 Å². The molecule has 1 aromatic carbocycles. The first kappa shape index (κ1) is 17.3. The van der Waals surface area contributed by atoms with Crippen LogP contribution in [0.1, 0.15) is 18.4 Å². The fraction of sp³-hybridized carbons (Fsp3) is 0.333. The van der Waals surface area contributed by atoms with Gasteiger partial charge in [-0.15, -0.1) is 0 Å². The molecule has 3 amide bonds. The highest BCUT2D eigenvalue weighted by atomic mass is 16.5. The molecule has 0 heterocycles. The Morgan fingerprint density at radius 1 is 1.29 bits per heavy atom. The standard InChI is InChI=1S/C15H18N4O5/c1-23-12-6-9(2-5-11(12)24-8-13(16)20)7-17-19-15(22)14(21)18-10-3-4-10/h2,5-7,10H,3-4,8H2,1H3,(H2,16,20)(H,18,21)(H,19,22)/b17-7-. The summed E-state index contributed by atoms with van der Waals surface area (Å²) in [5, 5.41) is 6.27. The summed E-state index contributed by atoms with van der Waals surface area (Å²) in [6.45, 7) is -0.268. The van der Waals surface area contributed by atoms with Crippen molar-refractivity contribution in [2.24, 2.45) is 10.8 Å². The molecule has 0 spiro atoms. The molecule has 0 radical (unpaired) electrons. The number of carbonyl (C=O) groups is 3. The predicted octanol–water partition coefficient (Wildman–Crippen LogP) is -0.712. The zero-order chi connectivity index (χ0) is 17.5. The van der Waals surface area contributed by atoms with Crippen molar-refractivity contribution in [1.29, 1.82) is 0 Å². The van der Waals surface area contributed by atoms with Crippen LogP contribution in [0.3, 0.4) is 0 Å². The molecule has 2 rings (SSSR count). The van der Waals surface area contributed by atoms with E-state index in [9.17, 15) is 14.4 Å². The average molecular weight is 334 g/mol. The van der Waals surface area contributed by atoms with E-state index in [-0.39, 0.29) is 12.6 Å². The van der Waals surface area contributed by atoms with Crippen molar-refractivity contribution < 1.29 is 23.9 Å². The largest absolute Gasteiger partial charge is 0.493 e. The molecule has 1 saturated carbocycles. The van der Waals surface area contributed by atoms with Crippen LogP contribution in [0.25, 0.3) is 0 Å². The van der Waals surface area contributed by atoms with Crippen molar-refractivity contribution in [2.45, 2.75) is 18.9 Å². The van der Waals surface area contributed by atoms with Gasteiger partial charge in [0, 0.05) is 6.04 Å². The molecule has 1 aliphatic rings. The van der Waals surface area contributed by atoms with Gasteiger partial charge >= 0.3 is 11.8 Å². The van der Waals surface area contributed by atoms with Crippen LogP contribution in [0.15, 0.2) is 23.3 Å². The van der Waals surface area contributed by atoms with Gasteiger partial charge in [0.2, 0.25) is 0 Å². The highest BCUT2D eigenvalue weighted by Crippen LogP contribution is 2.27. The molecule has 0 aliphatic heterocycles. The van der Waals surface area contributed by atoms with Gasteiger partial charge in [0.1, 0.15) is 0 Å². The first-order chi connectivity index (χ1) is 11.5. The van der Waals surface area contributed by atoms with Crippen molar-refractivity contribution >= 4 is 23.9 Å². The lowest BCUT2D eigenvalue weighted by molar-refractivity contribution is -0.139. The highest BCUT2D eigenvalue weighted by Gasteiger charge is 2.26. The minimum atomic E-state index is -0.827. The lowest BCUT2D eigenvalue weighted by Crippen LogP contribution is -2.38. The van der Waals surface area contributed by atoms with E-state index in [0.717, 1.165) is 12.8 Å². The van der Waals surface area contributed by atoms with Crippen LogP contribution < -0.4 is 25.9 Å². The van der Waals surface area contributed by atoms with E-state index in [4.69, 9.17) is 15.2 Å². The van der Waals surface area contributed by atoms with Crippen LogP contribution in [0.4, 0.5) is 0 Å². The number of hydrogen-bond acceptors (Lipinski definition) is 6. The molecule has 9 heteroatoms. The fourth-order valence-corrected chi connectivity index (χ4v) is 1.73. The number of nitrogens with zero attached hydrogens (tertiary/aromatic N) is 1. The Bertz CT molecular complexity index is 670. The Morgan fingerprint density at radius 3 is 2.67 bits per heavy atom. The lowest BCUT2D eigenvalue weighted by atomic mass is 10.2. The van der Waals surface area contributed by atoms with Gasteiger partial charge in [-0.05, 0) is 36.6 Å². The predicted molar refractivity (Wildman–Crippen MR) is 84.6 cm³/mol. The van der Waals surface area contributed by atoms with Crippen LogP contribution in [0, 0.1) is 0 Å². The van der Waals surface area contributed by atoms with Gasteiger partial charge in [0.15, 0.2) is 18.1 Å². The number of methoxy groups -OCH3 is 1. The average Bonchev–Trinajstić information content (AvgIpc) is 3.37. The van der Waals surface area contributed by atoms with Gasteiger partial charge in [0.05, 0.1) is 13.3 Å². The van der Waals surface area contributed by atoms with Crippen molar-refractivity contribution in [1.82, 2.24) is 10.7 Å². The Morgan fingerprint density at radius 2 is 2.04 bits per heavy atom. The van der Waals surface area contributed by atoms with Crippen LogP contribution in [0.5, 0.6) is 11.5 Å². The Hall–Kier alpha value is -3.10. The van der Waals surface area contributed by atoms with E-state index in [2.05, 4.69) is 15.8 Å². The number of rotatable bonds is 7. The van der Waals surface area contributed by atoms with Crippen LogP contribution >= 0.6 is 0 Å². The van der Waals surface area contributed by atoms with E-state index < -0.39 is 17.7 Å². The second-order valence-corrected chi connectivity index (χ2v) is 5.11. The maximum Gasteiger partial charge on any atom is 0.329 e. The monoisotopic (exact) mass is 334 g/mol. The maximum absolute atomic E-state index is 11.5. The third-order valence-electron chi connectivity index (χ3n) is 3.06. The number of carbonyl (C=O) groups excluding carboxylic acids is 3. The van der Waals surface area contributed by atoms with Crippen molar-refractivity contribution in [3.8, 4) is 11.5 Å². The minimum absolute atomic E-state index is 0.101. The molecule has 0 unspecified atom stereocenters. The van der Waals surface area contributed by atoms with E-state index in [1.165, 1.54) is 13.3 Å². The zero-order valence-corrected chi connectivity index (χ0v) is 13.1. The number of primary amides is 1. The summed E-state index contributed by atoms with van der Waals surface area (Å²) in [6, 6.07) is 4.91. The molecule has 0 atom stereocenters. The number of nitrogens with one attached hydrogen (secondary N) is 2. The Kier molecular flexibility index (Phi) is 5.72. The molecule has 9 nitrogen and oxygen atoms in total. The summed E-state index contributed by atoms with van der Waals surface area (Å²) in [7, 11) is 1.44. The number of amides is 3. The van der Waals surface area contributed by atoms with Crippen molar-refractivity contribution in [3.05, 3.63) is 23.8 Å². The van der Waals surface area contributed by atoms with E-state index >= 15 is 0 Å². The third kappa shape index (κ3) is 5.27. The normalized spacial score (nSPS) is 13.4. The van der Waals surface area contributed by atoms with Gasteiger partial charge in [-0.3, -0.25) is 14.4 Å². The molecule has 4 N–H and O–H groups in total. The minimum Gasteiger partial charge on any atom is -0.493 e. The molecule has 1 fully saturated rings. The summed E-state index contributed by atoms with van der Waals surface area (Å²) >= 11 is 0. The molecule has 128 valence electrons. The lowest BCUT2D eigenvalue weighted by Gasteiger charge is -2.09. The smallest absolute Gasteiger partial charge is 0.329 e. The molecular formula is C15H18N4O5. The third-order valence-corrected chi connectivity index (χ3v) is 3.06. The molecule has 0 saturated heterocycles. The van der Waals surface area contributed by atoms with Crippen LogP contribution in [-0.4, -0.2) is 43.7 Å². The molecule has 1 aliphatic carbocycles. The fourth-order valence-electron chi connectivity index (χ4n) is 1.73. The van der Waals surface area contributed by atoms with E-state index in [1.54, 1.807) is 18.2 Å². The van der Waals surface area contributed by atoms with Gasteiger partial charge in [0.25, 0.3) is 5.91 Å². The first-order valence-electron chi connectivity index (χ1n) is 7.22. The SMILES string of the molecule is COc1cc(/C=N\NC(=O)C(=O)NC2CC2)ccc1OCC(N)=O. The van der Waals surface area contributed by atoms with E-state index in [0.29, 0.717) is 17.1 Å². The number of ether oxygens (including phenoxy) is 2. The van der Waals surface area contributed by atoms with Crippen LogP contribution in [0.2, 0.25) is 0 Å². The van der Waals surface area contributed by atoms with E-state index in [1.807, 2.05) is 0 Å². The summed E-state index contributed by atoms with van der Waals surface area (Å²) in [5.74, 6) is -1.41. The second kappa shape index (κ2) is 7.95. The van der Waals surface area contributed by atoms with Gasteiger partial charge in [-0.25, -0.2) is 5.43 Å². The Balaban J connectivity index is 1.92. The number of benzene rings is 1. The molecule has 1 aromatic rings. The molecular weight excluding hydrogens is 316 g/mol. The van der Waals surface area contributed by atoms with Gasteiger partial charge < -0.3 is 20.5 Å².